The van der Waals surface area contributed by atoms with Crippen LogP contribution in [0, 0.1) is 0 Å². The Labute approximate surface area is 260 Å². The quantitative estimate of drug-likeness (QED) is 0.0817. The van der Waals surface area contributed by atoms with Crippen molar-refractivity contribution in [3.8, 4) is 16.9 Å². The van der Waals surface area contributed by atoms with Crippen LogP contribution in [0.3, 0.4) is 0 Å². The molecule has 0 heterocycles. The summed E-state index contributed by atoms with van der Waals surface area (Å²) in [6.07, 6.45) is 5.76. The summed E-state index contributed by atoms with van der Waals surface area (Å²) in [7, 11) is 0. The molecule has 4 nitrogen and oxygen atoms in total. The summed E-state index contributed by atoms with van der Waals surface area (Å²) >= 11 is 0. The fraction of sp³-hybridized carbons (Fsp3) is 0.459. The molecule has 0 aliphatic rings. The maximum absolute atomic E-state index is 13.4. The van der Waals surface area contributed by atoms with E-state index in [2.05, 4.69) is 31.2 Å². The van der Waals surface area contributed by atoms with Crippen molar-refractivity contribution in [1.82, 2.24) is 0 Å². The van der Waals surface area contributed by atoms with Gasteiger partial charge in [0.05, 0.1) is 11.1 Å². The van der Waals surface area contributed by atoms with Crippen molar-refractivity contribution in [3.63, 3.8) is 0 Å². The number of aryl methyl sites for hydroxylation is 1. The third-order valence-corrected chi connectivity index (χ3v) is 7.71. The van der Waals surface area contributed by atoms with E-state index in [4.69, 9.17) is 9.47 Å². The minimum Gasteiger partial charge on any atom is -0.449 e. The van der Waals surface area contributed by atoms with Gasteiger partial charge in [0.2, 0.25) is 0 Å². The molecule has 1 unspecified atom stereocenters. The number of unbranched alkanes of at least 4 members (excludes halogenated alkanes) is 9. The summed E-state index contributed by atoms with van der Waals surface area (Å²) in [4.78, 5) is 25.1. The highest BCUT2D eigenvalue weighted by Gasteiger charge is 2.42. The lowest BCUT2D eigenvalue weighted by Gasteiger charge is -2.20. The number of ether oxygens (including phenoxy) is 2. The molecule has 0 radical (unpaired) electrons. The van der Waals surface area contributed by atoms with Gasteiger partial charge in [0.15, 0.2) is 6.10 Å². The van der Waals surface area contributed by atoms with E-state index in [0.717, 1.165) is 30.4 Å². The zero-order valence-corrected chi connectivity index (χ0v) is 26.0. The number of carbonyl (C=O) groups is 2. The summed E-state index contributed by atoms with van der Waals surface area (Å²) in [6, 6.07) is 20.9. The molecule has 3 aromatic rings. The second-order valence-electron chi connectivity index (χ2n) is 11.3. The number of alkyl halides is 3. The largest absolute Gasteiger partial charge is 0.449 e. The van der Waals surface area contributed by atoms with Gasteiger partial charge in [-0.1, -0.05) is 108 Å². The van der Waals surface area contributed by atoms with Crippen LogP contribution in [-0.2, 0) is 11.2 Å². The SMILES string of the molecule is CCCCCCCCCc1ccc(-c2ccc(C(=O)Oc3ccc(C(=O)OC(CCCCCC)C(F)(F)F)cc3)cc2)cc1. The molecule has 0 aliphatic carbocycles. The molecule has 0 fully saturated rings. The molecule has 0 aromatic heterocycles. The number of carbonyl (C=O) groups excluding carboxylic acids is 2. The average molecular weight is 611 g/mol. The Morgan fingerprint density at radius 3 is 1.66 bits per heavy atom. The molecular weight excluding hydrogens is 565 g/mol. The van der Waals surface area contributed by atoms with E-state index in [1.54, 1.807) is 12.1 Å². The number of benzene rings is 3. The molecule has 3 aromatic carbocycles. The van der Waals surface area contributed by atoms with E-state index in [0.29, 0.717) is 18.4 Å². The van der Waals surface area contributed by atoms with Crippen LogP contribution in [0.1, 0.15) is 117 Å². The summed E-state index contributed by atoms with van der Waals surface area (Å²) in [5.74, 6) is -1.48. The predicted molar refractivity (Wildman–Crippen MR) is 169 cm³/mol. The van der Waals surface area contributed by atoms with E-state index in [-0.39, 0.29) is 17.7 Å². The smallest absolute Gasteiger partial charge is 0.425 e. The molecule has 44 heavy (non-hydrogen) atoms. The van der Waals surface area contributed by atoms with Gasteiger partial charge in [-0.25, -0.2) is 9.59 Å². The van der Waals surface area contributed by atoms with Gasteiger partial charge < -0.3 is 9.47 Å². The third kappa shape index (κ3) is 11.8. The summed E-state index contributed by atoms with van der Waals surface area (Å²) in [5.41, 5.74) is 3.66. The molecule has 0 N–H and O–H groups in total. The van der Waals surface area contributed by atoms with Gasteiger partial charge in [-0.2, -0.15) is 13.2 Å². The molecule has 0 saturated heterocycles. The number of hydrogen-bond donors (Lipinski definition) is 0. The van der Waals surface area contributed by atoms with Crippen LogP contribution in [0.15, 0.2) is 72.8 Å². The Bertz CT molecular complexity index is 1270. The predicted octanol–water partition coefficient (Wildman–Crippen LogP) is 10.9. The molecule has 7 heteroatoms. The van der Waals surface area contributed by atoms with Crippen LogP contribution in [0.4, 0.5) is 13.2 Å². The fourth-order valence-corrected chi connectivity index (χ4v) is 5.02. The molecule has 3 rings (SSSR count). The lowest BCUT2D eigenvalue weighted by Crippen LogP contribution is -2.33. The first kappa shape index (κ1) is 34.9. The number of esters is 2. The monoisotopic (exact) mass is 610 g/mol. The molecule has 0 amide bonds. The van der Waals surface area contributed by atoms with Crippen LogP contribution in [0.5, 0.6) is 5.75 Å². The van der Waals surface area contributed by atoms with E-state index in [1.807, 2.05) is 19.1 Å². The van der Waals surface area contributed by atoms with Gasteiger partial charge in [0.1, 0.15) is 5.75 Å². The summed E-state index contributed by atoms with van der Waals surface area (Å²) < 4.78 is 50.3. The first-order valence-corrected chi connectivity index (χ1v) is 16.0. The average Bonchev–Trinajstić information content (AvgIpc) is 3.02. The van der Waals surface area contributed by atoms with Crippen molar-refractivity contribution in [2.45, 2.75) is 110 Å². The number of hydrogen-bond acceptors (Lipinski definition) is 4. The fourth-order valence-electron chi connectivity index (χ4n) is 5.02. The molecule has 0 aliphatic heterocycles. The van der Waals surface area contributed by atoms with Crippen LogP contribution in [-0.4, -0.2) is 24.2 Å². The van der Waals surface area contributed by atoms with Crippen molar-refractivity contribution < 1.29 is 32.2 Å². The second kappa shape index (κ2) is 18.3. The van der Waals surface area contributed by atoms with Gasteiger partial charge in [-0.05, 0) is 78.8 Å². The van der Waals surface area contributed by atoms with Gasteiger partial charge in [-0.15, -0.1) is 0 Å². The first-order valence-electron chi connectivity index (χ1n) is 16.0. The van der Waals surface area contributed by atoms with Gasteiger partial charge in [-0.3, -0.25) is 0 Å². The van der Waals surface area contributed by atoms with Crippen molar-refractivity contribution in [3.05, 3.63) is 89.5 Å². The minimum absolute atomic E-state index is 0.0506. The summed E-state index contributed by atoms with van der Waals surface area (Å²) in [5, 5.41) is 0. The van der Waals surface area contributed by atoms with Crippen molar-refractivity contribution >= 4 is 11.9 Å². The van der Waals surface area contributed by atoms with E-state index in [9.17, 15) is 22.8 Å². The van der Waals surface area contributed by atoms with E-state index < -0.39 is 24.2 Å². The summed E-state index contributed by atoms with van der Waals surface area (Å²) in [6.45, 7) is 4.20. The van der Waals surface area contributed by atoms with E-state index in [1.165, 1.54) is 74.8 Å². The normalized spacial score (nSPS) is 12.1. The Hall–Kier alpha value is -3.61. The maximum atomic E-state index is 13.4. The highest BCUT2D eigenvalue weighted by atomic mass is 19.4. The molecule has 0 spiro atoms. The van der Waals surface area contributed by atoms with Crippen LogP contribution >= 0.6 is 0 Å². The molecule has 0 bridgehead atoms. The highest BCUT2D eigenvalue weighted by molar-refractivity contribution is 5.92. The Morgan fingerprint density at radius 2 is 1.09 bits per heavy atom. The zero-order chi connectivity index (χ0) is 31.8. The molecular formula is C37H45F3O4. The van der Waals surface area contributed by atoms with Gasteiger partial charge in [0, 0.05) is 0 Å². The Kier molecular flexibility index (Phi) is 14.5. The highest BCUT2D eigenvalue weighted by Crippen LogP contribution is 2.28. The molecule has 1 atom stereocenters. The van der Waals surface area contributed by atoms with Crippen molar-refractivity contribution in [2.75, 3.05) is 0 Å². The zero-order valence-electron chi connectivity index (χ0n) is 26.0. The number of rotatable bonds is 18. The standard InChI is InChI=1S/C37H45F3O4/c1-3-5-7-9-10-11-12-14-28-16-18-29(19-17-28)30-20-22-31(23-21-30)35(41)43-33-26-24-32(25-27-33)36(42)44-34(37(38,39)40)15-13-8-6-4-2/h16-27,34H,3-15H2,1-2H3. The maximum Gasteiger partial charge on any atom is 0.425 e. The molecule has 0 saturated carbocycles. The lowest BCUT2D eigenvalue weighted by molar-refractivity contribution is -0.206. The van der Waals surface area contributed by atoms with E-state index >= 15 is 0 Å². The van der Waals surface area contributed by atoms with Gasteiger partial charge in [0.25, 0.3) is 0 Å². The Balaban J connectivity index is 1.49. The third-order valence-electron chi connectivity index (χ3n) is 7.71. The van der Waals surface area contributed by atoms with Gasteiger partial charge >= 0.3 is 18.1 Å². The Morgan fingerprint density at radius 1 is 0.614 bits per heavy atom. The van der Waals surface area contributed by atoms with Crippen LogP contribution in [0.25, 0.3) is 11.1 Å². The minimum atomic E-state index is -4.64. The topological polar surface area (TPSA) is 52.6 Å². The first-order chi connectivity index (χ1) is 21.2. The second-order valence-corrected chi connectivity index (χ2v) is 11.3. The number of halogens is 3. The van der Waals surface area contributed by atoms with Crippen molar-refractivity contribution in [2.24, 2.45) is 0 Å². The van der Waals surface area contributed by atoms with Crippen LogP contribution in [0.2, 0.25) is 0 Å². The van der Waals surface area contributed by atoms with Crippen molar-refractivity contribution in [1.29, 1.82) is 0 Å². The molecule has 238 valence electrons. The lowest BCUT2D eigenvalue weighted by atomic mass is 10.00. The van der Waals surface area contributed by atoms with Crippen LogP contribution < -0.4 is 4.74 Å².